The van der Waals surface area contributed by atoms with Crippen molar-refractivity contribution in [2.75, 3.05) is 12.4 Å². The zero-order valence-electron chi connectivity index (χ0n) is 15.9. The molecular weight excluding hydrogens is 448 g/mol. The molecule has 0 saturated carbocycles. The molecule has 2 N–H and O–H groups in total. The molecule has 3 aromatic carbocycles. The number of anilines is 1. The first-order valence-electron chi connectivity index (χ1n) is 9.04. The molecule has 4 rings (SSSR count). The van der Waals surface area contributed by atoms with Crippen LogP contribution in [0.1, 0.15) is 16.1 Å². The van der Waals surface area contributed by atoms with Gasteiger partial charge in [-0.25, -0.2) is 0 Å². The summed E-state index contributed by atoms with van der Waals surface area (Å²) in [5, 5.41) is 13.6. The lowest BCUT2D eigenvalue weighted by Gasteiger charge is -2.10. The molecule has 0 aliphatic carbocycles. The van der Waals surface area contributed by atoms with Crippen LogP contribution in [0.25, 0.3) is 11.0 Å². The number of nitrogens with one attached hydrogen (secondary N) is 1. The first kappa shape index (κ1) is 19.7. The highest BCUT2D eigenvalue weighted by Gasteiger charge is 2.15. The number of benzene rings is 3. The van der Waals surface area contributed by atoms with E-state index in [-0.39, 0.29) is 17.4 Å². The van der Waals surface area contributed by atoms with E-state index in [1.54, 1.807) is 48.7 Å². The largest absolute Gasteiger partial charge is 0.507 e. The van der Waals surface area contributed by atoms with E-state index >= 15 is 0 Å². The van der Waals surface area contributed by atoms with Crippen LogP contribution in [0.5, 0.6) is 11.5 Å². The van der Waals surface area contributed by atoms with Crippen LogP contribution in [-0.2, 0) is 0 Å². The third-order valence-electron chi connectivity index (χ3n) is 4.42. The molecule has 0 saturated heterocycles. The number of phenols is 1. The van der Waals surface area contributed by atoms with Crippen molar-refractivity contribution in [2.24, 2.45) is 4.99 Å². The number of aliphatic imine (C=N–C) groups is 1. The minimum atomic E-state index is -0.375. The van der Waals surface area contributed by atoms with Gasteiger partial charge in [-0.3, -0.25) is 9.79 Å². The second kappa shape index (κ2) is 8.42. The molecule has 0 fully saturated rings. The van der Waals surface area contributed by atoms with Gasteiger partial charge in [0.15, 0.2) is 5.76 Å². The molecule has 4 aromatic rings. The summed E-state index contributed by atoms with van der Waals surface area (Å²) in [6, 6.07) is 19.3. The van der Waals surface area contributed by atoms with Crippen molar-refractivity contribution in [1.29, 1.82) is 0 Å². The summed E-state index contributed by atoms with van der Waals surface area (Å²) in [7, 11) is 1.51. The summed E-state index contributed by atoms with van der Waals surface area (Å²) in [5.74, 6) is 0.418. The minimum Gasteiger partial charge on any atom is -0.507 e. The molecule has 0 aliphatic heterocycles. The number of hydrogen-bond donors (Lipinski definition) is 2. The predicted molar refractivity (Wildman–Crippen MR) is 120 cm³/mol. The normalized spacial score (nSPS) is 11.1. The van der Waals surface area contributed by atoms with Crippen molar-refractivity contribution in [1.82, 2.24) is 0 Å². The van der Waals surface area contributed by atoms with Gasteiger partial charge < -0.3 is 19.6 Å². The van der Waals surface area contributed by atoms with Crippen LogP contribution in [0.15, 0.2) is 80.6 Å². The number of carbonyl (C=O) groups excluding carboxylic acids is 1. The van der Waals surface area contributed by atoms with Crippen molar-refractivity contribution in [3.63, 3.8) is 0 Å². The Morgan fingerprint density at radius 2 is 1.97 bits per heavy atom. The fourth-order valence-corrected chi connectivity index (χ4v) is 3.29. The molecule has 0 atom stereocenters. The van der Waals surface area contributed by atoms with Gasteiger partial charge in [0.2, 0.25) is 0 Å². The standard InChI is InChI=1S/C23H17BrN2O4/c1-29-21-12-17(25-13-15-10-16(24)6-9-19(15)27)7-8-18(21)26-23(28)22-11-14-4-2-3-5-20(14)30-22/h2-13,27H,1H3,(H,26,28). The van der Waals surface area contributed by atoms with Gasteiger partial charge in [-0.05, 0) is 42.5 Å². The number of hydrogen-bond acceptors (Lipinski definition) is 5. The molecule has 0 radical (unpaired) electrons. The Morgan fingerprint density at radius 1 is 1.13 bits per heavy atom. The quantitative estimate of drug-likeness (QED) is 0.359. The number of para-hydroxylation sites is 1. The molecule has 1 heterocycles. The summed E-state index contributed by atoms with van der Waals surface area (Å²) >= 11 is 3.37. The maximum Gasteiger partial charge on any atom is 0.291 e. The first-order chi connectivity index (χ1) is 14.5. The number of methoxy groups -OCH3 is 1. The lowest BCUT2D eigenvalue weighted by Crippen LogP contribution is -2.11. The second-order valence-corrected chi connectivity index (χ2v) is 7.36. The number of furan rings is 1. The number of fused-ring (bicyclic) bond motifs is 1. The molecular formula is C23H17BrN2O4. The van der Waals surface area contributed by atoms with Gasteiger partial charge in [0.1, 0.15) is 17.1 Å². The molecule has 0 aliphatic rings. The maximum absolute atomic E-state index is 12.6. The van der Waals surface area contributed by atoms with Gasteiger partial charge in [-0.15, -0.1) is 0 Å². The molecule has 150 valence electrons. The van der Waals surface area contributed by atoms with Crippen LogP contribution < -0.4 is 10.1 Å². The van der Waals surface area contributed by atoms with Crippen molar-refractivity contribution < 1.29 is 19.1 Å². The van der Waals surface area contributed by atoms with Gasteiger partial charge >= 0.3 is 0 Å². The smallest absolute Gasteiger partial charge is 0.291 e. The van der Waals surface area contributed by atoms with Gasteiger partial charge in [0.25, 0.3) is 5.91 Å². The van der Waals surface area contributed by atoms with Crippen LogP contribution in [0.3, 0.4) is 0 Å². The van der Waals surface area contributed by atoms with Crippen molar-refractivity contribution in [3.05, 3.63) is 82.5 Å². The Balaban J connectivity index is 1.55. The van der Waals surface area contributed by atoms with E-state index in [0.717, 1.165) is 9.86 Å². The summed E-state index contributed by atoms with van der Waals surface area (Å²) in [5.41, 5.74) is 2.32. The third kappa shape index (κ3) is 4.21. The van der Waals surface area contributed by atoms with Crippen LogP contribution in [-0.4, -0.2) is 24.3 Å². The highest BCUT2D eigenvalue weighted by Crippen LogP contribution is 2.31. The number of aromatic hydroxyl groups is 1. The van der Waals surface area contributed by atoms with Gasteiger partial charge in [0, 0.05) is 27.7 Å². The zero-order chi connectivity index (χ0) is 21.1. The highest BCUT2D eigenvalue weighted by atomic mass is 79.9. The number of rotatable bonds is 5. The average Bonchev–Trinajstić information content (AvgIpc) is 3.19. The number of phenolic OH excluding ortho intramolecular Hbond substituents is 1. The van der Waals surface area contributed by atoms with Crippen LogP contribution in [0, 0.1) is 0 Å². The van der Waals surface area contributed by atoms with E-state index in [4.69, 9.17) is 9.15 Å². The zero-order valence-corrected chi connectivity index (χ0v) is 17.5. The fourth-order valence-electron chi connectivity index (χ4n) is 2.91. The van der Waals surface area contributed by atoms with Gasteiger partial charge in [-0.1, -0.05) is 34.1 Å². The average molecular weight is 465 g/mol. The van der Waals surface area contributed by atoms with Crippen molar-refractivity contribution in [2.45, 2.75) is 0 Å². The molecule has 6 nitrogen and oxygen atoms in total. The Labute approximate surface area is 180 Å². The van der Waals surface area contributed by atoms with Crippen LogP contribution in [0.4, 0.5) is 11.4 Å². The van der Waals surface area contributed by atoms with E-state index < -0.39 is 0 Å². The summed E-state index contributed by atoms with van der Waals surface area (Å²) in [4.78, 5) is 17.0. The number of amides is 1. The van der Waals surface area contributed by atoms with E-state index in [9.17, 15) is 9.90 Å². The Bertz CT molecular complexity index is 1230. The monoisotopic (exact) mass is 464 g/mol. The lowest BCUT2D eigenvalue weighted by atomic mass is 10.2. The lowest BCUT2D eigenvalue weighted by molar-refractivity contribution is 0.0998. The van der Waals surface area contributed by atoms with Crippen LogP contribution in [0.2, 0.25) is 0 Å². The van der Waals surface area contributed by atoms with E-state index in [0.29, 0.717) is 28.3 Å². The second-order valence-electron chi connectivity index (χ2n) is 6.45. The number of halogens is 1. The number of carbonyl (C=O) groups is 1. The molecule has 0 unspecified atom stereocenters. The van der Waals surface area contributed by atoms with Crippen molar-refractivity contribution >= 4 is 50.4 Å². The molecule has 1 aromatic heterocycles. The SMILES string of the molecule is COc1cc(N=Cc2cc(Br)ccc2O)ccc1NC(=O)c1cc2ccccc2o1. The fraction of sp³-hybridized carbons (Fsp3) is 0.0435. The summed E-state index contributed by atoms with van der Waals surface area (Å²) in [6.07, 6.45) is 1.56. The Hall–Kier alpha value is -3.58. The molecule has 7 heteroatoms. The first-order valence-corrected chi connectivity index (χ1v) is 9.83. The summed E-state index contributed by atoms with van der Waals surface area (Å²) in [6.45, 7) is 0. The Morgan fingerprint density at radius 3 is 2.77 bits per heavy atom. The molecule has 0 bridgehead atoms. The van der Waals surface area contributed by atoms with E-state index in [1.807, 2.05) is 24.3 Å². The topological polar surface area (TPSA) is 84.1 Å². The van der Waals surface area contributed by atoms with E-state index in [1.165, 1.54) is 7.11 Å². The van der Waals surface area contributed by atoms with Crippen LogP contribution >= 0.6 is 15.9 Å². The third-order valence-corrected chi connectivity index (χ3v) is 4.92. The Kier molecular flexibility index (Phi) is 5.54. The minimum absolute atomic E-state index is 0.128. The molecule has 30 heavy (non-hydrogen) atoms. The van der Waals surface area contributed by atoms with Gasteiger partial charge in [0.05, 0.1) is 18.5 Å². The number of nitrogens with zero attached hydrogens (tertiary/aromatic N) is 1. The van der Waals surface area contributed by atoms with Gasteiger partial charge in [-0.2, -0.15) is 0 Å². The molecule has 0 spiro atoms. The van der Waals surface area contributed by atoms with Crippen molar-refractivity contribution in [3.8, 4) is 11.5 Å². The predicted octanol–water partition coefficient (Wildman–Crippen LogP) is 5.91. The maximum atomic E-state index is 12.6. The number of ether oxygens (including phenoxy) is 1. The molecule has 1 amide bonds. The van der Waals surface area contributed by atoms with E-state index in [2.05, 4.69) is 26.2 Å². The highest BCUT2D eigenvalue weighted by molar-refractivity contribution is 9.10. The summed E-state index contributed by atoms with van der Waals surface area (Å²) < 4.78 is 11.8.